The first kappa shape index (κ1) is 14.4. The summed E-state index contributed by atoms with van der Waals surface area (Å²) in [5, 5.41) is 0. The molecule has 0 heterocycles. The molecule has 0 spiro atoms. The Hall–Kier alpha value is -1.99. The monoisotopic (exact) mass is 298 g/mol. The molecule has 0 amide bonds. The van der Waals surface area contributed by atoms with Gasteiger partial charge in [0.15, 0.2) is 11.6 Å². The second-order valence-corrected chi connectivity index (χ2v) is 5.73. The summed E-state index contributed by atoms with van der Waals surface area (Å²) in [5.41, 5.74) is 6.41. The molecule has 0 saturated heterocycles. The van der Waals surface area contributed by atoms with Gasteiger partial charge in [-0.1, -0.05) is 18.2 Å². The Labute approximate surface area is 115 Å². The van der Waals surface area contributed by atoms with Crippen molar-refractivity contribution in [3.05, 3.63) is 59.7 Å². The number of sulfonamides is 1. The van der Waals surface area contributed by atoms with Crippen LogP contribution in [0, 0.1) is 11.6 Å². The normalized spacial score (nSPS) is 11.3. The lowest BCUT2D eigenvalue weighted by Crippen LogP contribution is -2.15. The predicted octanol–water partition coefficient (Wildman–Crippen LogP) is 2.22. The fourth-order valence-corrected chi connectivity index (χ4v) is 2.76. The van der Waals surface area contributed by atoms with Crippen molar-refractivity contribution in [2.45, 2.75) is 11.4 Å². The lowest BCUT2D eigenvalue weighted by atomic mass is 10.2. The van der Waals surface area contributed by atoms with Gasteiger partial charge in [-0.15, -0.1) is 0 Å². The molecular weight excluding hydrogens is 286 g/mol. The van der Waals surface area contributed by atoms with Crippen LogP contribution in [0.15, 0.2) is 47.4 Å². The Morgan fingerprint density at radius 2 is 1.75 bits per heavy atom. The molecule has 7 heteroatoms. The highest BCUT2D eigenvalue weighted by Gasteiger charge is 2.17. The van der Waals surface area contributed by atoms with E-state index in [0.717, 1.165) is 12.1 Å². The van der Waals surface area contributed by atoms with E-state index in [4.69, 9.17) is 5.73 Å². The van der Waals surface area contributed by atoms with E-state index in [1.807, 2.05) is 0 Å². The van der Waals surface area contributed by atoms with Crippen molar-refractivity contribution in [2.75, 3.05) is 4.72 Å². The van der Waals surface area contributed by atoms with Crippen molar-refractivity contribution in [2.24, 2.45) is 5.73 Å². The highest BCUT2D eigenvalue weighted by molar-refractivity contribution is 7.92. The highest BCUT2D eigenvalue weighted by atomic mass is 32.2. The van der Waals surface area contributed by atoms with Gasteiger partial charge in [0, 0.05) is 6.54 Å². The Morgan fingerprint density at radius 1 is 1.05 bits per heavy atom. The lowest BCUT2D eigenvalue weighted by Gasteiger charge is -2.11. The molecule has 0 bridgehead atoms. The van der Waals surface area contributed by atoms with E-state index in [1.165, 1.54) is 0 Å². The summed E-state index contributed by atoms with van der Waals surface area (Å²) in [7, 11) is -4.00. The molecule has 0 atom stereocenters. The van der Waals surface area contributed by atoms with Gasteiger partial charge in [0.25, 0.3) is 10.0 Å². The fourth-order valence-electron chi connectivity index (χ4n) is 1.65. The molecular formula is C13H12F2N2O2S. The molecule has 20 heavy (non-hydrogen) atoms. The molecule has 2 aromatic carbocycles. The van der Waals surface area contributed by atoms with Crippen molar-refractivity contribution in [1.82, 2.24) is 0 Å². The number of hydrogen-bond donors (Lipinski definition) is 2. The minimum atomic E-state index is -4.00. The van der Waals surface area contributed by atoms with Crippen LogP contribution in [0.1, 0.15) is 5.56 Å². The molecule has 4 nitrogen and oxygen atoms in total. The lowest BCUT2D eigenvalue weighted by molar-refractivity contribution is 0.504. The molecule has 0 aliphatic carbocycles. The number of hydrogen-bond acceptors (Lipinski definition) is 3. The zero-order chi connectivity index (χ0) is 14.8. The molecule has 0 unspecified atom stereocenters. The Kier molecular flexibility index (Phi) is 4.01. The van der Waals surface area contributed by atoms with Crippen LogP contribution in [-0.4, -0.2) is 8.42 Å². The van der Waals surface area contributed by atoms with Gasteiger partial charge in [-0.05, 0) is 29.8 Å². The summed E-state index contributed by atoms with van der Waals surface area (Å²) in [5.74, 6) is -2.33. The van der Waals surface area contributed by atoms with E-state index < -0.39 is 21.7 Å². The summed E-state index contributed by atoms with van der Waals surface area (Å²) in [6, 6.07) is 8.95. The smallest absolute Gasteiger partial charge is 0.262 e. The van der Waals surface area contributed by atoms with E-state index in [2.05, 4.69) is 4.72 Å². The first-order chi connectivity index (χ1) is 9.44. The van der Waals surface area contributed by atoms with E-state index in [9.17, 15) is 17.2 Å². The summed E-state index contributed by atoms with van der Waals surface area (Å²) >= 11 is 0. The molecule has 2 aromatic rings. The van der Waals surface area contributed by atoms with E-state index in [0.29, 0.717) is 17.3 Å². The van der Waals surface area contributed by atoms with Gasteiger partial charge >= 0.3 is 0 Å². The van der Waals surface area contributed by atoms with Gasteiger partial charge < -0.3 is 5.73 Å². The van der Waals surface area contributed by atoms with Gasteiger partial charge in [-0.25, -0.2) is 17.2 Å². The largest absolute Gasteiger partial charge is 0.326 e. The maximum Gasteiger partial charge on any atom is 0.262 e. The van der Waals surface area contributed by atoms with Gasteiger partial charge in [0.1, 0.15) is 0 Å². The molecule has 106 valence electrons. The summed E-state index contributed by atoms with van der Waals surface area (Å²) < 4.78 is 52.4. The molecule has 0 aliphatic rings. The number of anilines is 1. The maximum absolute atomic E-state index is 13.1. The number of halogens is 2. The van der Waals surface area contributed by atoms with Gasteiger partial charge in [0.2, 0.25) is 0 Å². The van der Waals surface area contributed by atoms with Gasteiger partial charge in [-0.3, -0.25) is 4.72 Å². The topological polar surface area (TPSA) is 72.2 Å². The minimum Gasteiger partial charge on any atom is -0.326 e. The zero-order valence-electron chi connectivity index (χ0n) is 10.3. The SMILES string of the molecule is NCc1ccccc1NS(=O)(=O)c1ccc(F)c(F)c1. The molecule has 0 aliphatic heterocycles. The van der Waals surface area contributed by atoms with E-state index in [-0.39, 0.29) is 11.4 Å². The Balaban J connectivity index is 2.38. The fraction of sp³-hybridized carbons (Fsp3) is 0.0769. The zero-order valence-corrected chi connectivity index (χ0v) is 11.1. The van der Waals surface area contributed by atoms with Crippen molar-refractivity contribution < 1.29 is 17.2 Å². The third kappa shape index (κ3) is 2.94. The molecule has 0 radical (unpaired) electrons. The van der Waals surface area contributed by atoms with Crippen LogP contribution >= 0.6 is 0 Å². The van der Waals surface area contributed by atoms with Crippen molar-refractivity contribution in [3.63, 3.8) is 0 Å². The van der Waals surface area contributed by atoms with Crippen LogP contribution in [0.25, 0.3) is 0 Å². The summed E-state index contributed by atoms with van der Waals surface area (Å²) in [6.45, 7) is 0.149. The minimum absolute atomic E-state index is 0.149. The van der Waals surface area contributed by atoms with Crippen molar-refractivity contribution in [3.8, 4) is 0 Å². The summed E-state index contributed by atoms with van der Waals surface area (Å²) in [6.07, 6.45) is 0. The second-order valence-electron chi connectivity index (χ2n) is 4.04. The standard InChI is InChI=1S/C13H12F2N2O2S/c14-11-6-5-10(7-12(11)15)20(18,19)17-13-4-2-1-3-9(13)8-16/h1-7,17H,8,16H2. The Bertz CT molecular complexity index is 733. The van der Waals surface area contributed by atoms with Crippen LogP contribution in [-0.2, 0) is 16.6 Å². The number of rotatable bonds is 4. The molecule has 0 aromatic heterocycles. The predicted molar refractivity (Wildman–Crippen MR) is 71.5 cm³/mol. The third-order valence-corrected chi connectivity index (χ3v) is 4.05. The average molecular weight is 298 g/mol. The van der Waals surface area contributed by atoms with Crippen LogP contribution in [0.3, 0.4) is 0 Å². The quantitative estimate of drug-likeness (QED) is 0.909. The van der Waals surface area contributed by atoms with Crippen LogP contribution in [0.4, 0.5) is 14.5 Å². The molecule has 0 saturated carbocycles. The molecule has 0 fully saturated rings. The number of nitrogens with one attached hydrogen (secondary N) is 1. The number of para-hydroxylation sites is 1. The van der Waals surface area contributed by atoms with Crippen molar-refractivity contribution >= 4 is 15.7 Å². The van der Waals surface area contributed by atoms with Crippen LogP contribution in [0.5, 0.6) is 0 Å². The third-order valence-electron chi connectivity index (χ3n) is 2.68. The van der Waals surface area contributed by atoms with Crippen LogP contribution < -0.4 is 10.5 Å². The first-order valence-corrected chi connectivity index (χ1v) is 7.18. The van der Waals surface area contributed by atoms with Gasteiger partial charge in [0.05, 0.1) is 10.6 Å². The first-order valence-electron chi connectivity index (χ1n) is 5.70. The average Bonchev–Trinajstić information content (AvgIpc) is 2.42. The second kappa shape index (κ2) is 5.56. The number of benzene rings is 2. The van der Waals surface area contributed by atoms with E-state index in [1.54, 1.807) is 24.3 Å². The van der Waals surface area contributed by atoms with Crippen molar-refractivity contribution in [1.29, 1.82) is 0 Å². The van der Waals surface area contributed by atoms with Crippen LogP contribution in [0.2, 0.25) is 0 Å². The highest BCUT2D eigenvalue weighted by Crippen LogP contribution is 2.20. The summed E-state index contributed by atoms with van der Waals surface area (Å²) in [4.78, 5) is -0.358. The van der Waals surface area contributed by atoms with Gasteiger partial charge in [-0.2, -0.15) is 0 Å². The molecule has 2 rings (SSSR count). The number of nitrogens with two attached hydrogens (primary N) is 1. The Morgan fingerprint density at radius 3 is 2.40 bits per heavy atom. The molecule has 3 N–H and O–H groups in total. The van der Waals surface area contributed by atoms with E-state index >= 15 is 0 Å². The maximum atomic E-state index is 13.1.